The minimum absolute atomic E-state index is 0.0345. The monoisotopic (exact) mass is 641 g/mol. The average molecular weight is 642 g/mol. The van der Waals surface area contributed by atoms with Crippen molar-refractivity contribution in [2.24, 2.45) is 0 Å². The van der Waals surface area contributed by atoms with Crippen LogP contribution in [0, 0.1) is 0 Å². The predicted octanol–water partition coefficient (Wildman–Crippen LogP) is 5.30. The number of carbonyl (C=O) groups is 1. The van der Waals surface area contributed by atoms with E-state index < -0.39 is 39.8 Å². The number of rotatable bonds is 13. The van der Waals surface area contributed by atoms with Gasteiger partial charge in [-0.2, -0.15) is 13.2 Å². The van der Waals surface area contributed by atoms with Gasteiger partial charge in [-0.15, -0.1) is 0 Å². The quantitative estimate of drug-likeness (QED) is 0.183. The third-order valence-corrected chi connectivity index (χ3v) is 8.05. The molecule has 4 rings (SSSR count). The second-order valence-electron chi connectivity index (χ2n) is 10.4. The highest BCUT2D eigenvalue weighted by Crippen LogP contribution is 2.32. The van der Waals surface area contributed by atoms with Crippen LogP contribution in [-0.2, 0) is 29.2 Å². The summed E-state index contributed by atoms with van der Waals surface area (Å²) in [6.45, 7) is 0.0281. The molecule has 4 aromatic rings. The number of para-hydroxylation sites is 1. The molecule has 1 amide bonds. The van der Waals surface area contributed by atoms with Gasteiger partial charge in [-0.25, -0.2) is 12.7 Å². The Balaban J connectivity index is 1.57. The number of anilines is 2. The first kappa shape index (κ1) is 33.5. The maximum atomic E-state index is 13.6. The summed E-state index contributed by atoms with van der Waals surface area (Å²) in [6.07, 6.45) is -4.31. The molecule has 0 bridgehead atoms. The number of aliphatic hydroxyl groups is 1. The summed E-state index contributed by atoms with van der Waals surface area (Å²) in [7, 11) is -2.43. The fourth-order valence-electron chi connectivity index (χ4n) is 4.81. The molecule has 238 valence electrons. The van der Waals surface area contributed by atoms with Gasteiger partial charge in [0.05, 0.1) is 42.4 Å². The fraction of sp³-hybridized carbons (Fsp3) is 0.242. The Labute approximate surface area is 260 Å². The van der Waals surface area contributed by atoms with E-state index in [2.05, 4.69) is 10.6 Å². The van der Waals surface area contributed by atoms with Crippen LogP contribution in [0.4, 0.5) is 24.5 Å². The minimum Gasteiger partial charge on any atom is -0.497 e. The summed E-state index contributed by atoms with van der Waals surface area (Å²) in [5.74, 6) is -0.348. The molecule has 4 aromatic carbocycles. The fourth-order valence-corrected chi connectivity index (χ4v) is 5.81. The van der Waals surface area contributed by atoms with Crippen LogP contribution in [0.3, 0.4) is 0 Å². The number of benzene rings is 4. The SMILES string of the molecule is COc1cc(C(=O)N[C@@H](Cc2ccccc2)[C@H](O)CNCc2cccc(C(F)(F)F)c2)cc(N(c2ccccc2)S(C)(=O)=O)c1. The van der Waals surface area contributed by atoms with Crippen molar-refractivity contribution < 1.29 is 36.2 Å². The van der Waals surface area contributed by atoms with Crippen LogP contribution in [0.5, 0.6) is 5.75 Å². The zero-order chi connectivity index (χ0) is 32.6. The number of aliphatic hydroxyl groups excluding tert-OH is 1. The van der Waals surface area contributed by atoms with Gasteiger partial charge in [-0.3, -0.25) is 4.79 Å². The topological polar surface area (TPSA) is 108 Å². The van der Waals surface area contributed by atoms with E-state index in [-0.39, 0.29) is 36.5 Å². The van der Waals surface area contributed by atoms with Crippen LogP contribution in [0.25, 0.3) is 0 Å². The summed E-state index contributed by atoms with van der Waals surface area (Å²) in [4.78, 5) is 13.6. The molecule has 0 aliphatic heterocycles. The van der Waals surface area contributed by atoms with E-state index in [1.54, 1.807) is 36.4 Å². The summed E-state index contributed by atoms with van der Waals surface area (Å²) in [5.41, 5.74) is 1.09. The molecule has 45 heavy (non-hydrogen) atoms. The molecule has 12 heteroatoms. The molecule has 0 aliphatic rings. The lowest BCUT2D eigenvalue weighted by molar-refractivity contribution is -0.137. The highest BCUT2D eigenvalue weighted by molar-refractivity contribution is 7.92. The van der Waals surface area contributed by atoms with Gasteiger partial charge in [-0.1, -0.05) is 66.7 Å². The Hall–Kier alpha value is -4.39. The molecular weight excluding hydrogens is 607 g/mol. The second kappa shape index (κ2) is 14.6. The van der Waals surface area contributed by atoms with Gasteiger partial charge in [0.1, 0.15) is 5.75 Å². The maximum absolute atomic E-state index is 13.6. The van der Waals surface area contributed by atoms with Crippen molar-refractivity contribution in [3.8, 4) is 5.75 Å². The number of ether oxygens (including phenoxy) is 1. The second-order valence-corrected chi connectivity index (χ2v) is 12.3. The molecule has 0 spiro atoms. The molecule has 3 N–H and O–H groups in total. The van der Waals surface area contributed by atoms with Crippen LogP contribution < -0.4 is 19.7 Å². The van der Waals surface area contributed by atoms with Crippen molar-refractivity contribution >= 4 is 27.3 Å². The standard InChI is InChI=1S/C33H34F3N3O5S/c1-44-29-19-25(18-28(20-29)39(45(2,42)43)27-14-7-4-8-15-27)32(41)38-30(17-23-10-5-3-6-11-23)31(40)22-37-21-24-12-9-13-26(16-24)33(34,35)36/h3-16,18-20,30-31,37,40H,17,21-22H2,1-2H3,(H,38,41)/t30-,31+/m0/s1. The Bertz CT molecular complexity index is 1690. The van der Waals surface area contributed by atoms with Crippen LogP contribution in [0.15, 0.2) is 103 Å². The van der Waals surface area contributed by atoms with Crippen LogP contribution in [0.2, 0.25) is 0 Å². The number of alkyl halides is 3. The Kier molecular flexibility index (Phi) is 10.9. The Morgan fingerprint density at radius 1 is 0.889 bits per heavy atom. The maximum Gasteiger partial charge on any atom is 0.416 e. The first-order valence-electron chi connectivity index (χ1n) is 14.0. The van der Waals surface area contributed by atoms with Crippen molar-refractivity contribution in [1.82, 2.24) is 10.6 Å². The molecule has 0 saturated carbocycles. The van der Waals surface area contributed by atoms with Crippen molar-refractivity contribution in [2.45, 2.75) is 31.3 Å². The smallest absolute Gasteiger partial charge is 0.416 e. The molecule has 8 nitrogen and oxygen atoms in total. The molecule has 0 unspecified atom stereocenters. The van der Waals surface area contributed by atoms with Crippen molar-refractivity contribution in [2.75, 3.05) is 24.2 Å². The Morgan fingerprint density at radius 2 is 1.53 bits per heavy atom. The average Bonchev–Trinajstić information content (AvgIpc) is 3.00. The lowest BCUT2D eigenvalue weighted by Crippen LogP contribution is -2.48. The van der Waals surface area contributed by atoms with Gasteiger partial charge in [0.15, 0.2) is 0 Å². The molecule has 0 aromatic heterocycles. The number of nitrogens with zero attached hydrogens (tertiary/aromatic N) is 1. The van der Waals surface area contributed by atoms with Gasteiger partial charge in [0.25, 0.3) is 5.91 Å². The summed E-state index contributed by atoms with van der Waals surface area (Å²) in [6, 6.07) is 26.0. The number of hydrogen-bond acceptors (Lipinski definition) is 6. The number of sulfonamides is 1. The zero-order valence-corrected chi connectivity index (χ0v) is 25.5. The molecule has 0 saturated heterocycles. The van der Waals surface area contributed by atoms with E-state index in [0.29, 0.717) is 11.3 Å². The number of hydrogen-bond donors (Lipinski definition) is 3. The van der Waals surface area contributed by atoms with Crippen molar-refractivity contribution in [1.29, 1.82) is 0 Å². The Morgan fingerprint density at radius 3 is 2.16 bits per heavy atom. The van der Waals surface area contributed by atoms with Gasteiger partial charge >= 0.3 is 6.18 Å². The van der Waals surface area contributed by atoms with Crippen LogP contribution >= 0.6 is 0 Å². The predicted molar refractivity (Wildman–Crippen MR) is 167 cm³/mol. The number of halogens is 3. The third kappa shape index (κ3) is 9.30. The number of amides is 1. The van der Waals surface area contributed by atoms with E-state index in [4.69, 9.17) is 4.74 Å². The van der Waals surface area contributed by atoms with E-state index in [0.717, 1.165) is 28.3 Å². The van der Waals surface area contributed by atoms with Gasteiger partial charge in [0, 0.05) is 24.7 Å². The summed E-state index contributed by atoms with van der Waals surface area (Å²) in [5, 5.41) is 17.0. The summed E-state index contributed by atoms with van der Waals surface area (Å²) < 4.78 is 71.5. The van der Waals surface area contributed by atoms with Crippen molar-refractivity contribution in [3.05, 3.63) is 125 Å². The highest BCUT2D eigenvalue weighted by Gasteiger charge is 2.30. The van der Waals surface area contributed by atoms with Crippen LogP contribution in [0.1, 0.15) is 27.0 Å². The van der Waals surface area contributed by atoms with Crippen molar-refractivity contribution in [3.63, 3.8) is 0 Å². The highest BCUT2D eigenvalue weighted by atomic mass is 32.2. The molecule has 0 aliphatic carbocycles. The van der Waals surface area contributed by atoms with Gasteiger partial charge < -0.3 is 20.5 Å². The van der Waals surface area contributed by atoms with E-state index in [1.165, 1.54) is 31.4 Å². The number of nitrogens with one attached hydrogen (secondary N) is 2. The molecule has 0 radical (unpaired) electrons. The zero-order valence-electron chi connectivity index (χ0n) is 24.7. The molecule has 0 fully saturated rings. The third-order valence-electron chi connectivity index (χ3n) is 6.96. The first-order valence-corrected chi connectivity index (χ1v) is 15.8. The van der Waals surface area contributed by atoms with Gasteiger partial charge in [-0.05, 0) is 47.9 Å². The lowest BCUT2D eigenvalue weighted by atomic mass is 10.00. The van der Waals surface area contributed by atoms with Gasteiger partial charge in [0.2, 0.25) is 10.0 Å². The molecule has 0 heterocycles. The number of carbonyl (C=O) groups excluding carboxylic acids is 1. The number of methoxy groups -OCH3 is 1. The van der Waals surface area contributed by atoms with E-state index >= 15 is 0 Å². The van der Waals surface area contributed by atoms with E-state index in [9.17, 15) is 31.5 Å². The normalized spacial score (nSPS) is 13.1. The van der Waals surface area contributed by atoms with E-state index in [1.807, 2.05) is 30.3 Å². The molecular formula is C33H34F3N3O5S. The largest absolute Gasteiger partial charge is 0.497 e. The summed E-state index contributed by atoms with van der Waals surface area (Å²) >= 11 is 0. The minimum atomic E-state index is -4.47. The first-order chi connectivity index (χ1) is 21.3. The lowest BCUT2D eigenvalue weighted by Gasteiger charge is -2.26. The van der Waals surface area contributed by atoms with Crippen LogP contribution in [-0.4, -0.2) is 51.5 Å². The molecule has 2 atom stereocenters.